The van der Waals surface area contributed by atoms with E-state index in [0.29, 0.717) is 28.8 Å². The van der Waals surface area contributed by atoms with Gasteiger partial charge in [-0.25, -0.2) is 0 Å². The molecule has 3 amide bonds. The van der Waals surface area contributed by atoms with Crippen LogP contribution >= 0.6 is 0 Å². The number of hydrogen-bond acceptors (Lipinski definition) is 4. The summed E-state index contributed by atoms with van der Waals surface area (Å²) in [5.74, 6) is -0.911. The van der Waals surface area contributed by atoms with E-state index in [-0.39, 0.29) is 30.7 Å². The largest absolute Gasteiger partial charge is 0.325 e. The van der Waals surface area contributed by atoms with Crippen LogP contribution in [0.5, 0.6) is 0 Å². The van der Waals surface area contributed by atoms with Gasteiger partial charge >= 0.3 is 0 Å². The van der Waals surface area contributed by atoms with Crippen LogP contribution in [0.25, 0.3) is 0 Å². The molecule has 1 heterocycles. The van der Waals surface area contributed by atoms with Crippen LogP contribution in [0.1, 0.15) is 39.1 Å². The Morgan fingerprint density at radius 3 is 2.24 bits per heavy atom. The van der Waals surface area contributed by atoms with E-state index in [1.165, 1.54) is 4.90 Å². The number of fused-ring (bicyclic) bond motifs is 1. The Labute approximate surface area is 144 Å². The molecule has 2 aromatic rings. The SMILES string of the molecule is N#Cc1ccccc1NC(=O)CCCN1C(=O)c2ccccc2C1=O. The number of anilines is 1. The fraction of sp³-hybridized carbons (Fsp3) is 0.158. The van der Waals surface area contributed by atoms with Gasteiger partial charge < -0.3 is 5.32 Å². The van der Waals surface area contributed by atoms with Crippen molar-refractivity contribution in [3.8, 4) is 6.07 Å². The second-order valence-electron chi connectivity index (χ2n) is 5.62. The van der Waals surface area contributed by atoms with Crippen LogP contribution in [0.2, 0.25) is 0 Å². The molecule has 0 saturated carbocycles. The summed E-state index contributed by atoms with van der Waals surface area (Å²) in [6, 6.07) is 15.4. The van der Waals surface area contributed by atoms with Crippen molar-refractivity contribution in [1.29, 1.82) is 5.26 Å². The van der Waals surface area contributed by atoms with Crippen LogP contribution in [0.15, 0.2) is 48.5 Å². The Balaban J connectivity index is 1.55. The molecule has 0 bridgehead atoms. The maximum atomic E-state index is 12.2. The summed E-state index contributed by atoms with van der Waals surface area (Å²) < 4.78 is 0. The molecule has 0 fully saturated rings. The zero-order chi connectivity index (χ0) is 17.8. The highest BCUT2D eigenvalue weighted by Gasteiger charge is 2.34. The first-order valence-electron chi connectivity index (χ1n) is 7.86. The van der Waals surface area contributed by atoms with Crippen LogP contribution in [0.3, 0.4) is 0 Å². The van der Waals surface area contributed by atoms with Gasteiger partial charge in [0.2, 0.25) is 5.91 Å². The third-order valence-corrected chi connectivity index (χ3v) is 3.99. The third-order valence-electron chi connectivity index (χ3n) is 3.99. The van der Waals surface area contributed by atoms with Crippen LogP contribution in [0.4, 0.5) is 5.69 Å². The molecule has 0 spiro atoms. The molecule has 0 saturated heterocycles. The smallest absolute Gasteiger partial charge is 0.261 e. The average Bonchev–Trinajstić information content (AvgIpc) is 2.87. The Morgan fingerprint density at radius 1 is 1.00 bits per heavy atom. The summed E-state index contributed by atoms with van der Waals surface area (Å²) in [6.07, 6.45) is 0.499. The predicted molar refractivity (Wildman–Crippen MR) is 90.8 cm³/mol. The Hall–Kier alpha value is -3.46. The van der Waals surface area contributed by atoms with Crippen molar-refractivity contribution in [1.82, 2.24) is 4.90 Å². The van der Waals surface area contributed by atoms with E-state index in [0.717, 1.165) is 0 Å². The monoisotopic (exact) mass is 333 g/mol. The van der Waals surface area contributed by atoms with E-state index in [2.05, 4.69) is 5.32 Å². The van der Waals surface area contributed by atoms with E-state index in [1.807, 2.05) is 6.07 Å². The zero-order valence-electron chi connectivity index (χ0n) is 13.4. The van der Waals surface area contributed by atoms with Gasteiger partial charge in [0.1, 0.15) is 6.07 Å². The molecule has 1 aliphatic rings. The van der Waals surface area contributed by atoms with Gasteiger partial charge in [0.05, 0.1) is 22.4 Å². The number of imide groups is 1. The van der Waals surface area contributed by atoms with Gasteiger partial charge in [0.15, 0.2) is 0 Å². The fourth-order valence-electron chi connectivity index (χ4n) is 2.74. The van der Waals surface area contributed by atoms with E-state index in [1.54, 1.807) is 48.5 Å². The molecule has 0 aromatic heterocycles. The minimum Gasteiger partial charge on any atom is -0.325 e. The van der Waals surface area contributed by atoms with E-state index >= 15 is 0 Å². The summed E-state index contributed by atoms with van der Waals surface area (Å²) in [7, 11) is 0. The minimum absolute atomic E-state index is 0.146. The minimum atomic E-state index is -0.323. The quantitative estimate of drug-likeness (QED) is 0.852. The van der Waals surface area contributed by atoms with Crippen molar-refractivity contribution in [2.45, 2.75) is 12.8 Å². The maximum absolute atomic E-state index is 12.2. The second kappa shape index (κ2) is 6.97. The lowest BCUT2D eigenvalue weighted by Gasteiger charge is -2.13. The van der Waals surface area contributed by atoms with Crippen molar-refractivity contribution >= 4 is 23.4 Å². The highest BCUT2D eigenvalue weighted by atomic mass is 16.2. The van der Waals surface area contributed by atoms with E-state index in [4.69, 9.17) is 5.26 Å². The molecule has 1 aliphatic heterocycles. The van der Waals surface area contributed by atoms with Gasteiger partial charge in [-0.1, -0.05) is 24.3 Å². The number of carbonyl (C=O) groups excluding carboxylic acids is 3. The number of nitrogens with zero attached hydrogens (tertiary/aromatic N) is 2. The van der Waals surface area contributed by atoms with Gasteiger partial charge in [0.25, 0.3) is 11.8 Å². The lowest BCUT2D eigenvalue weighted by Crippen LogP contribution is -2.31. The van der Waals surface area contributed by atoms with E-state index < -0.39 is 0 Å². The first-order chi connectivity index (χ1) is 12.1. The summed E-state index contributed by atoms with van der Waals surface area (Å²) in [4.78, 5) is 37.6. The number of rotatable bonds is 5. The molecule has 0 radical (unpaired) electrons. The van der Waals surface area contributed by atoms with Crippen LogP contribution in [-0.4, -0.2) is 29.2 Å². The zero-order valence-corrected chi connectivity index (χ0v) is 13.4. The number of carbonyl (C=O) groups is 3. The number of nitriles is 1. The predicted octanol–water partition coefficient (Wildman–Crippen LogP) is 2.57. The lowest BCUT2D eigenvalue weighted by atomic mass is 10.1. The van der Waals surface area contributed by atoms with Gasteiger partial charge in [-0.3, -0.25) is 19.3 Å². The summed E-state index contributed by atoms with van der Waals surface area (Å²) in [5, 5.41) is 11.7. The standard InChI is InChI=1S/C19H15N3O3/c20-12-13-6-1-4-9-16(13)21-17(23)10-5-11-22-18(24)14-7-2-3-8-15(14)19(22)25/h1-4,6-9H,5,10-11H2,(H,21,23). The van der Waals surface area contributed by atoms with Crippen molar-refractivity contribution in [3.63, 3.8) is 0 Å². The van der Waals surface area contributed by atoms with Gasteiger partial charge in [0, 0.05) is 13.0 Å². The van der Waals surface area contributed by atoms with Crippen molar-refractivity contribution in [2.24, 2.45) is 0 Å². The van der Waals surface area contributed by atoms with Crippen LogP contribution < -0.4 is 5.32 Å². The molecule has 25 heavy (non-hydrogen) atoms. The summed E-state index contributed by atoms with van der Waals surface area (Å²) >= 11 is 0. The van der Waals surface area contributed by atoms with Crippen molar-refractivity contribution in [2.75, 3.05) is 11.9 Å². The fourth-order valence-corrected chi connectivity index (χ4v) is 2.74. The van der Waals surface area contributed by atoms with Crippen LogP contribution in [-0.2, 0) is 4.79 Å². The van der Waals surface area contributed by atoms with Gasteiger partial charge in [-0.15, -0.1) is 0 Å². The number of benzene rings is 2. The highest BCUT2D eigenvalue weighted by Crippen LogP contribution is 2.22. The maximum Gasteiger partial charge on any atom is 0.261 e. The molecule has 3 rings (SSSR count). The highest BCUT2D eigenvalue weighted by molar-refractivity contribution is 6.21. The first kappa shape index (κ1) is 16.4. The normalized spacial score (nSPS) is 12.7. The molecule has 6 nitrogen and oxygen atoms in total. The number of amides is 3. The Morgan fingerprint density at radius 2 is 1.60 bits per heavy atom. The lowest BCUT2D eigenvalue weighted by molar-refractivity contribution is -0.116. The molecule has 6 heteroatoms. The second-order valence-corrected chi connectivity index (χ2v) is 5.62. The molecular formula is C19H15N3O3. The average molecular weight is 333 g/mol. The molecule has 2 aromatic carbocycles. The molecule has 1 N–H and O–H groups in total. The number of para-hydroxylation sites is 1. The first-order valence-corrected chi connectivity index (χ1v) is 7.86. The topological polar surface area (TPSA) is 90.3 Å². The Kier molecular flexibility index (Phi) is 4.57. The van der Waals surface area contributed by atoms with Gasteiger partial charge in [-0.05, 0) is 30.7 Å². The van der Waals surface area contributed by atoms with Gasteiger partial charge in [-0.2, -0.15) is 5.26 Å². The van der Waals surface area contributed by atoms with E-state index in [9.17, 15) is 14.4 Å². The summed E-state index contributed by atoms with van der Waals surface area (Å²) in [6.45, 7) is 0.180. The third kappa shape index (κ3) is 3.26. The molecular weight excluding hydrogens is 318 g/mol. The number of nitrogens with one attached hydrogen (secondary N) is 1. The molecule has 0 unspecified atom stereocenters. The molecule has 124 valence electrons. The molecule has 0 aliphatic carbocycles. The van der Waals surface area contributed by atoms with Crippen molar-refractivity contribution in [3.05, 3.63) is 65.2 Å². The van der Waals surface area contributed by atoms with Crippen molar-refractivity contribution < 1.29 is 14.4 Å². The molecule has 0 atom stereocenters. The Bertz CT molecular complexity index is 864. The number of hydrogen-bond donors (Lipinski definition) is 1. The van der Waals surface area contributed by atoms with Crippen LogP contribution in [0, 0.1) is 11.3 Å². The summed E-state index contributed by atoms with van der Waals surface area (Å²) in [5.41, 5.74) is 1.65.